The topological polar surface area (TPSA) is 259 Å². The molecule has 20 heteroatoms. The molecule has 30 heavy (non-hydrogen) atoms. The highest BCUT2D eigenvalue weighted by atomic mass is 31.3. The molecule has 1 aliphatic heterocycles. The number of hydrogen-bond donors (Lipinski definition) is 6. The monoisotopic (exact) mass is 497 g/mol. The van der Waals surface area contributed by atoms with Gasteiger partial charge in [0.25, 0.3) is 0 Å². The number of hydrogen-bond acceptors (Lipinski definition) is 12. The van der Waals surface area contributed by atoms with Crippen LogP contribution in [0.1, 0.15) is 6.23 Å². The second-order valence-electron chi connectivity index (χ2n) is 5.69. The standard InChI is InChI=1S/C10H18N3O14P3/c1-23-8-7(14)5(25-9(8)13-3-2-6(11)12-10(13)15)4-24-29(19,20)27-30(21,22)26-28(16,17)18/h2-3,5,7-9,14H,4H2,1H3,(H,19,20)(H,21,22)(H2,11,12,15)(H2,16,17,18)/t5-,7+,8?,9-/m1/s1. The minimum Gasteiger partial charge on any atom is -0.387 e. The van der Waals surface area contributed by atoms with Gasteiger partial charge < -0.3 is 39.9 Å². The van der Waals surface area contributed by atoms with E-state index in [9.17, 15) is 28.5 Å². The molecule has 0 bridgehead atoms. The van der Waals surface area contributed by atoms with Gasteiger partial charge in [-0.1, -0.05) is 0 Å². The van der Waals surface area contributed by atoms with Crippen molar-refractivity contribution >= 4 is 29.3 Å². The Balaban J connectivity index is 2.09. The van der Waals surface area contributed by atoms with Crippen molar-refractivity contribution in [2.24, 2.45) is 0 Å². The van der Waals surface area contributed by atoms with Gasteiger partial charge in [0, 0.05) is 13.3 Å². The molecule has 17 nitrogen and oxygen atoms in total. The third-order valence-electron chi connectivity index (χ3n) is 3.53. The molecular weight excluding hydrogens is 479 g/mol. The molecular formula is C10H18N3O14P3. The van der Waals surface area contributed by atoms with Crippen LogP contribution in [0, 0.1) is 0 Å². The van der Waals surface area contributed by atoms with Crippen LogP contribution in [-0.2, 0) is 36.3 Å². The molecule has 1 aromatic rings. The molecule has 172 valence electrons. The van der Waals surface area contributed by atoms with Crippen molar-refractivity contribution in [3.8, 4) is 0 Å². The fourth-order valence-electron chi connectivity index (χ4n) is 2.43. The molecule has 3 unspecified atom stereocenters. The first-order valence-electron chi connectivity index (χ1n) is 7.63. The Hall–Kier alpha value is -1.03. The van der Waals surface area contributed by atoms with Crippen LogP contribution < -0.4 is 11.4 Å². The summed E-state index contributed by atoms with van der Waals surface area (Å²) in [6.07, 6.45) is -4.13. The van der Waals surface area contributed by atoms with Crippen molar-refractivity contribution in [2.45, 2.75) is 24.5 Å². The van der Waals surface area contributed by atoms with Crippen LogP contribution in [0.4, 0.5) is 5.82 Å². The van der Waals surface area contributed by atoms with Crippen molar-refractivity contribution in [1.29, 1.82) is 0 Å². The van der Waals surface area contributed by atoms with Crippen LogP contribution in [0.25, 0.3) is 0 Å². The van der Waals surface area contributed by atoms with Gasteiger partial charge >= 0.3 is 29.2 Å². The number of ether oxygens (including phenoxy) is 2. The van der Waals surface area contributed by atoms with Crippen molar-refractivity contribution in [3.05, 3.63) is 22.7 Å². The maximum atomic E-state index is 12.0. The zero-order chi connectivity index (χ0) is 22.9. The Labute approximate surface area is 167 Å². The smallest absolute Gasteiger partial charge is 0.387 e. The third-order valence-corrected chi connectivity index (χ3v) is 7.33. The van der Waals surface area contributed by atoms with E-state index >= 15 is 0 Å². The summed E-state index contributed by atoms with van der Waals surface area (Å²) in [5.41, 5.74) is 4.55. The lowest BCUT2D eigenvalue weighted by Gasteiger charge is -2.20. The number of aromatic nitrogens is 2. The fraction of sp³-hybridized carbons (Fsp3) is 0.600. The zero-order valence-electron chi connectivity index (χ0n) is 14.9. The summed E-state index contributed by atoms with van der Waals surface area (Å²) < 4.78 is 56.6. The second kappa shape index (κ2) is 9.22. The minimum atomic E-state index is -5.70. The van der Waals surface area contributed by atoms with E-state index in [-0.39, 0.29) is 5.82 Å². The molecule has 1 saturated heterocycles. The van der Waals surface area contributed by atoms with E-state index < -0.39 is 60.3 Å². The Morgan fingerprint density at radius 2 is 1.83 bits per heavy atom. The Kier molecular flexibility index (Phi) is 7.76. The van der Waals surface area contributed by atoms with Gasteiger partial charge in [-0.15, -0.1) is 0 Å². The third kappa shape index (κ3) is 6.73. The van der Waals surface area contributed by atoms with E-state index in [1.807, 2.05) is 0 Å². The van der Waals surface area contributed by atoms with Crippen LogP contribution in [0.15, 0.2) is 17.1 Å². The van der Waals surface area contributed by atoms with Crippen LogP contribution in [0.3, 0.4) is 0 Å². The van der Waals surface area contributed by atoms with Gasteiger partial charge in [-0.05, 0) is 6.07 Å². The van der Waals surface area contributed by atoms with Crippen LogP contribution in [0.2, 0.25) is 0 Å². The molecule has 0 amide bonds. The highest BCUT2D eigenvalue weighted by molar-refractivity contribution is 7.66. The predicted molar refractivity (Wildman–Crippen MR) is 93.4 cm³/mol. The van der Waals surface area contributed by atoms with Gasteiger partial charge in [-0.25, -0.2) is 18.5 Å². The normalized spacial score (nSPS) is 28.7. The van der Waals surface area contributed by atoms with Crippen LogP contribution in [-0.4, -0.2) is 66.3 Å². The molecule has 0 spiro atoms. The molecule has 0 saturated carbocycles. The van der Waals surface area contributed by atoms with E-state index in [4.69, 9.17) is 29.9 Å². The van der Waals surface area contributed by atoms with Crippen LogP contribution in [0.5, 0.6) is 0 Å². The van der Waals surface area contributed by atoms with Crippen molar-refractivity contribution in [1.82, 2.24) is 9.55 Å². The summed E-state index contributed by atoms with van der Waals surface area (Å²) in [6.45, 7) is -0.932. The summed E-state index contributed by atoms with van der Waals surface area (Å²) in [5.74, 6) is -0.0760. The lowest BCUT2D eigenvalue weighted by Crippen LogP contribution is -2.37. The number of nitrogen functional groups attached to an aromatic ring is 1. The average Bonchev–Trinajstić information content (AvgIpc) is 2.85. The van der Waals surface area contributed by atoms with Gasteiger partial charge in [0.05, 0.1) is 6.61 Å². The first-order valence-corrected chi connectivity index (χ1v) is 12.2. The maximum Gasteiger partial charge on any atom is 0.490 e. The molecule has 1 aliphatic rings. The maximum absolute atomic E-state index is 12.0. The molecule has 1 aromatic heterocycles. The lowest BCUT2D eigenvalue weighted by molar-refractivity contribution is -0.0618. The molecule has 2 heterocycles. The first-order chi connectivity index (χ1) is 13.6. The van der Waals surface area contributed by atoms with Crippen molar-refractivity contribution in [3.63, 3.8) is 0 Å². The van der Waals surface area contributed by atoms with E-state index in [1.165, 1.54) is 19.4 Å². The number of aliphatic hydroxyl groups is 1. The minimum absolute atomic E-state index is 0.0760. The Morgan fingerprint density at radius 1 is 1.20 bits per heavy atom. The largest absolute Gasteiger partial charge is 0.490 e. The highest BCUT2D eigenvalue weighted by Gasteiger charge is 2.47. The Bertz CT molecular complexity index is 963. The number of phosphoric ester groups is 1. The summed E-state index contributed by atoms with van der Waals surface area (Å²) in [6, 6.07) is 1.27. The number of rotatable bonds is 9. The molecule has 6 atom stereocenters. The Morgan fingerprint density at radius 3 is 2.37 bits per heavy atom. The van der Waals surface area contributed by atoms with E-state index in [0.29, 0.717) is 0 Å². The summed E-state index contributed by atoms with van der Waals surface area (Å²) in [4.78, 5) is 51.0. The molecule has 0 radical (unpaired) electrons. The van der Waals surface area contributed by atoms with E-state index in [1.54, 1.807) is 0 Å². The van der Waals surface area contributed by atoms with Gasteiger partial charge in [0.15, 0.2) is 6.23 Å². The summed E-state index contributed by atoms with van der Waals surface area (Å²) >= 11 is 0. The number of methoxy groups -OCH3 is 1. The zero-order valence-corrected chi connectivity index (χ0v) is 17.6. The molecule has 0 aromatic carbocycles. The van der Waals surface area contributed by atoms with E-state index in [0.717, 1.165) is 4.57 Å². The van der Waals surface area contributed by atoms with Crippen LogP contribution >= 0.6 is 23.5 Å². The second-order valence-corrected chi connectivity index (χ2v) is 10.1. The predicted octanol–water partition coefficient (Wildman–Crippen LogP) is -1.56. The van der Waals surface area contributed by atoms with Gasteiger partial charge in [-0.3, -0.25) is 9.09 Å². The molecule has 7 N–H and O–H groups in total. The fourth-order valence-corrected chi connectivity index (χ4v) is 5.46. The quantitative estimate of drug-likeness (QED) is 0.211. The lowest BCUT2D eigenvalue weighted by atomic mass is 10.1. The van der Waals surface area contributed by atoms with Crippen molar-refractivity contribution in [2.75, 3.05) is 19.5 Å². The number of aliphatic hydroxyl groups excluding tert-OH is 1. The van der Waals surface area contributed by atoms with Gasteiger partial charge in [0.1, 0.15) is 24.1 Å². The number of anilines is 1. The average molecular weight is 497 g/mol. The van der Waals surface area contributed by atoms with Crippen molar-refractivity contribution < 1.29 is 61.0 Å². The van der Waals surface area contributed by atoms with Gasteiger partial charge in [0.2, 0.25) is 0 Å². The first kappa shape index (κ1) is 25.2. The number of phosphoric acid groups is 3. The molecule has 1 fully saturated rings. The highest BCUT2D eigenvalue weighted by Crippen LogP contribution is 2.66. The summed E-state index contributed by atoms with van der Waals surface area (Å²) in [5, 5.41) is 10.3. The SMILES string of the molecule is COC1[C@@H](O)[C@@H](COP(=O)(O)OP(=O)(O)OP(=O)(O)O)O[C@H]1n1ccc(N)nc1=O. The summed E-state index contributed by atoms with van der Waals surface area (Å²) in [7, 11) is -15.5. The molecule has 0 aliphatic carbocycles. The molecule has 2 rings (SSSR count). The number of nitrogens with zero attached hydrogens (tertiary/aromatic N) is 2. The van der Waals surface area contributed by atoms with E-state index in [2.05, 4.69) is 18.1 Å². The number of nitrogens with two attached hydrogens (primary N) is 1. The van der Waals surface area contributed by atoms with Gasteiger partial charge in [-0.2, -0.15) is 13.6 Å².